The van der Waals surface area contributed by atoms with E-state index in [-0.39, 0.29) is 11.8 Å². The van der Waals surface area contributed by atoms with Crippen molar-refractivity contribution in [3.63, 3.8) is 0 Å². The van der Waals surface area contributed by atoms with Crippen LogP contribution in [0.1, 0.15) is 156 Å². The van der Waals surface area contributed by atoms with E-state index in [0.29, 0.717) is 12.1 Å². The highest BCUT2D eigenvalue weighted by Gasteiger charge is 2.34. The maximum atomic E-state index is 12.8. The van der Waals surface area contributed by atoms with Crippen LogP contribution in [0.2, 0.25) is 0 Å². The van der Waals surface area contributed by atoms with Crippen molar-refractivity contribution < 1.29 is 9.59 Å². The zero-order valence-electron chi connectivity index (χ0n) is 21.8. The third-order valence-electron chi connectivity index (χ3n) is 7.04. The van der Waals surface area contributed by atoms with E-state index in [9.17, 15) is 9.59 Å². The smallest absolute Gasteiger partial charge is 0.257 e. The monoisotopic (exact) mass is 447 g/mol. The Morgan fingerprint density at radius 1 is 0.500 bits per heavy atom. The summed E-state index contributed by atoms with van der Waals surface area (Å²) < 4.78 is 0. The molecular weight excluding hydrogens is 394 g/mol. The van der Waals surface area contributed by atoms with Crippen molar-refractivity contribution in [2.45, 2.75) is 156 Å². The first-order chi connectivity index (χ1) is 15.6. The minimum Gasteiger partial charge on any atom is -0.275 e. The van der Waals surface area contributed by atoms with Gasteiger partial charge < -0.3 is 0 Å². The molecule has 3 heteroatoms. The van der Waals surface area contributed by atoms with Gasteiger partial charge in [-0.2, -0.15) is 0 Å². The molecule has 0 radical (unpaired) electrons. The molecule has 3 nitrogen and oxygen atoms in total. The normalized spacial score (nSPS) is 14.3. The van der Waals surface area contributed by atoms with Gasteiger partial charge in [0.25, 0.3) is 11.8 Å². The van der Waals surface area contributed by atoms with Crippen LogP contribution in [0, 0.1) is 0 Å². The van der Waals surface area contributed by atoms with E-state index in [1.54, 1.807) is 0 Å². The maximum absolute atomic E-state index is 12.8. The van der Waals surface area contributed by atoms with E-state index >= 15 is 0 Å². The van der Waals surface area contributed by atoms with E-state index in [4.69, 9.17) is 0 Å². The summed E-state index contributed by atoms with van der Waals surface area (Å²) in [6.07, 6.45) is 26.4. The van der Waals surface area contributed by atoms with Gasteiger partial charge in [0, 0.05) is 17.7 Å². The van der Waals surface area contributed by atoms with Crippen LogP contribution in [0.25, 0.3) is 0 Å². The first kappa shape index (κ1) is 28.9. The molecule has 0 unspecified atom stereocenters. The summed E-state index contributed by atoms with van der Waals surface area (Å²) in [5.41, 5.74) is 1.50. The molecule has 0 aromatic heterocycles. The zero-order chi connectivity index (χ0) is 23.4. The van der Waals surface area contributed by atoms with Gasteiger partial charge in [0.2, 0.25) is 0 Å². The van der Waals surface area contributed by atoms with Crippen LogP contribution in [0.5, 0.6) is 0 Å². The van der Waals surface area contributed by atoms with Gasteiger partial charge >= 0.3 is 0 Å². The molecule has 0 spiro atoms. The van der Waals surface area contributed by atoms with Crippen molar-refractivity contribution in [1.29, 1.82) is 0 Å². The second-order valence-corrected chi connectivity index (χ2v) is 9.98. The Labute approximate surface area is 199 Å². The number of unbranched alkanes of at least 4 members (excludes halogenated alkanes) is 18. The van der Waals surface area contributed by atoms with Gasteiger partial charge in [0.1, 0.15) is 0 Å². The summed E-state index contributed by atoms with van der Waals surface area (Å²) in [5.74, 6) is -0.0349. The fourth-order valence-corrected chi connectivity index (χ4v) is 4.79. The molecule has 0 atom stereocenters. The highest BCUT2D eigenvalue weighted by molar-refractivity contribution is 6.19. The fourth-order valence-electron chi connectivity index (χ4n) is 4.79. The number of hydrogen-bond acceptors (Lipinski definition) is 2. The van der Waals surface area contributed by atoms with E-state index in [1.165, 1.54) is 114 Å². The van der Waals surface area contributed by atoms with E-state index in [1.807, 2.05) is 6.92 Å². The van der Waals surface area contributed by atoms with Crippen LogP contribution >= 0.6 is 0 Å². The Balaban J connectivity index is 2.09. The van der Waals surface area contributed by atoms with Crippen molar-refractivity contribution in [2.75, 3.05) is 6.54 Å². The first-order valence-electron chi connectivity index (χ1n) is 14.2. The quantitative estimate of drug-likeness (QED) is 0.123. The lowest BCUT2D eigenvalue weighted by molar-refractivity contribution is -0.137. The van der Waals surface area contributed by atoms with E-state index in [0.717, 1.165) is 31.3 Å². The van der Waals surface area contributed by atoms with Crippen LogP contribution in [0.4, 0.5) is 0 Å². The van der Waals surface area contributed by atoms with Crippen LogP contribution in [-0.4, -0.2) is 23.3 Å². The van der Waals surface area contributed by atoms with Crippen LogP contribution in [-0.2, 0) is 9.59 Å². The summed E-state index contributed by atoms with van der Waals surface area (Å²) in [7, 11) is 0. The third-order valence-corrected chi connectivity index (χ3v) is 7.04. The highest BCUT2D eigenvalue weighted by atomic mass is 16.2. The Bertz CT molecular complexity index is 537. The van der Waals surface area contributed by atoms with Crippen molar-refractivity contribution in [3.8, 4) is 0 Å². The summed E-state index contributed by atoms with van der Waals surface area (Å²) in [6, 6.07) is 0. The molecule has 32 heavy (non-hydrogen) atoms. The minimum absolute atomic E-state index is 0.000603. The van der Waals surface area contributed by atoms with Gasteiger partial charge in [-0.05, 0) is 26.2 Å². The summed E-state index contributed by atoms with van der Waals surface area (Å²) in [5, 5.41) is 0. The summed E-state index contributed by atoms with van der Waals surface area (Å²) in [6.45, 7) is 6.97. The topological polar surface area (TPSA) is 37.4 Å². The third kappa shape index (κ3) is 12.2. The Morgan fingerprint density at radius 3 is 1.31 bits per heavy atom. The van der Waals surface area contributed by atoms with Crippen molar-refractivity contribution >= 4 is 11.8 Å². The lowest BCUT2D eigenvalue weighted by Crippen LogP contribution is -2.32. The van der Waals surface area contributed by atoms with Crippen LogP contribution in [0.3, 0.4) is 0 Å². The highest BCUT2D eigenvalue weighted by Crippen LogP contribution is 2.26. The van der Waals surface area contributed by atoms with Gasteiger partial charge in [0.15, 0.2) is 0 Å². The molecule has 0 aliphatic carbocycles. The molecule has 1 aliphatic rings. The molecule has 0 N–H and O–H groups in total. The van der Waals surface area contributed by atoms with E-state index < -0.39 is 0 Å². The molecule has 0 bridgehead atoms. The predicted octanol–water partition coefficient (Wildman–Crippen LogP) is 8.90. The Kier molecular flexibility index (Phi) is 17.5. The zero-order valence-corrected chi connectivity index (χ0v) is 21.8. The molecule has 0 saturated carbocycles. The predicted molar refractivity (Wildman–Crippen MR) is 138 cm³/mol. The number of rotatable bonds is 22. The first-order valence-corrected chi connectivity index (χ1v) is 14.2. The van der Waals surface area contributed by atoms with Gasteiger partial charge in [-0.3, -0.25) is 14.5 Å². The number of nitrogens with zero attached hydrogens (tertiary/aromatic N) is 1. The molecule has 0 saturated heterocycles. The number of amides is 2. The Hall–Kier alpha value is -1.12. The minimum atomic E-state index is -0.0343. The molecule has 0 aromatic rings. The molecule has 1 aliphatic heterocycles. The molecule has 186 valence electrons. The summed E-state index contributed by atoms with van der Waals surface area (Å²) in [4.78, 5) is 26.8. The molecule has 0 fully saturated rings. The average Bonchev–Trinajstić information content (AvgIpc) is 2.99. The standard InChI is InChI=1S/C29H53NO2/c1-4-6-8-10-12-14-16-18-20-22-24-27-26(3)28(31)30(29(27)32)25-23-21-19-17-15-13-11-9-7-5-2/h4-25H2,1-3H3. The molecule has 0 aromatic carbocycles. The lowest BCUT2D eigenvalue weighted by atomic mass is 10.0. The van der Waals surface area contributed by atoms with Gasteiger partial charge in [-0.1, -0.05) is 129 Å². The van der Waals surface area contributed by atoms with Crippen molar-refractivity contribution in [1.82, 2.24) is 4.90 Å². The number of imide groups is 1. The Morgan fingerprint density at radius 2 is 0.875 bits per heavy atom. The largest absolute Gasteiger partial charge is 0.275 e. The van der Waals surface area contributed by atoms with Crippen LogP contribution < -0.4 is 0 Å². The molecule has 2 amide bonds. The number of carbonyl (C=O) groups is 2. The number of hydrogen-bond donors (Lipinski definition) is 0. The van der Waals surface area contributed by atoms with Gasteiger partial charge in [0.05, 0.1) is 0 Å². The maximum Gasteiger partial charge on any atom is 0.257 e. The summed E-state index contributed by atoms with van der Waals surface area (Å²) >= 11 is 0. The van der Waals surface area contributed by atoms with Crippen molar-refractivity contribution in [2.24, 2.45) is 0 Å². The average molecular weight is 448 g/mol. The van der Waals surface area contributed by atoms with E-state index in [2.05, 4.69) is 13.8 Å². The van der Waals surface area contributed by atoms with Gasteiger partial charge in [-0.25, -0.2) is 0 Å². The SMILES string of the molecule is CCCCCCCCCCCCC1=C(C)C(=O)N(CCCCCCCCCCCC)C1=O. The number of carbonyl (C=O) groups excluding carboxylic acids is 2. The molecular formula is C29H53NO2. The van der Waals surface area contributed by atoms with Gasteiger partial charge in [-0.15, -0.1) is 0 Å². The van der Waals surface area contributed by atoms with Crippen LogP contribution in [0.15, 0.2) is 11.1 Å². The lowest BCUT2D eigenvalue weighted by Gasteiger charge is -2.15. The second-order valence-electron chi connectivity index (χ2n) is 9.98. The molecule has 1 heterocycles. The van der Waals surface area contributed by atoms with Crippen molar-refractivity contribution in [3.05, 3.63) is 11.1 Å². The fraction of sp³-hybridized carbons (Fsp3) is 0.862. The second kappa shape index (κ2) is 19.4. The molecule has 1 rings (SSSR count).